The lowest BCUT2D eigenvalue weighted by molar-refractivity contribution is -0.129. The summed E-state index contributed by atoms with van der Waals surface area (Å²) >= 11 is 3.03. The lowest BCUT2D eigenvalue weighted by Gasteiger charge is -2.33. The van der Waals surface area contributed by atoms with Crippen LogP contribution in [-0.2, 0) is 14.8 Å². The molecular weight excluding hydrogens is 476 g/mol. The number of thioether (sulfide) groups is 2. The third-order valence-electron chi connectivity index (χ3n) is 4.12. The predicted octanol–water partition coefficient (Wildman–Crippen LogP) is 2.79. The summed E-state index contributed by atoms with van der Waals surface area (Å²) in [5, 5.41) is 11.6. The normalized spacial score (nSPS) is 15.5. The lowest BCUT2D eigenvalue weighted by atomic mass is 10.3. The molecule has 1 saturated heterocycles. The van der Waals surface area contributed by atoms with Crippen molar-refractivity contribution in [2.24, 2.45) is 0 Å². The number of halogens is 2. The Bertz CT molecular complexity index is 964. The predicted molar refractivity (Wildman–Crippen MR) is 115 cm³/mol. The van der Waals surface area contributed by atoms with E-state index in [2.05, 4.69) is 15.5 Å². The summed E-state index contributed by atoms with van der Waals surface area (Å²) < 4.78 is 49.8. The monoisotopic (exact) mass is 495 g/mol. The van der Waals surface area contributed by atoms with Gasteiger partial charge < -0.3 is 10.2 Å². The Kier molecular flexibility index (Phi) is 7.90. The first-order valence-corrected chi connectivity index (χ1v) is 13.2. The lowest BCUT2D eigenvalue weighted by Crippen LogP contribution is -2.50. The van der Waals surface area contributed by atoms with Gasteiger partial charge in [-0.25, -0.2) is 8.42 Å². The third kappa shape index (κ3) is 6.77. The SMILES string of the molecule is CS(=O)(=O)N1CCN(C(=O)CSc2nnc(Nc3ccc(SC(F)F)cc3)s2)CC1. The zero-order valence-electron chi connectivity index (χ0n) is 15.8. The summed E-state index contributed by atoms with van der Waals surface area (Å²) in [5.41, 5.74) is 0.696. The summed E-state index contributed by atoms with van der Waals surface area (Å²) in [6.45, 7) is 1.35. The van der Waals surface area contributed by atoms with E-state index in [1.54, 1.807) is 29.2 Å². The number of sulfonamides is 1. The van der Waals surface area contributed by atoms with Gasteiger partial charge in [0.2, 0.25) is 21.1 Å². The van der Waals surface area contributed by atoms with Crippen LogP contribution in [-0.4, -0.2) is 77.7 Å². The zero-order chi connectivity index (χ0) is 21.7. The number of nitrogens with one attached hydrogen (secondary N) is 1. The fourth-order valence-corrected chi connectivity index (χ4v) is 5.65. The first kappa shape index (κ1) is 23.2. The molecule has 30 heavy (non-hydrogen) atoms. The highest BCUT2D eigenvalue weighted by Crippen LogP contribution is 2.30. The van der Waals surface area contributed by atoms with Gasteiger partial charge in [0.15, 0.2) is 4.34 Å². The Morgan fingerprint density at radius 1 is 1.20 bits per heavy atom. The maximum absolute atomic E-state index is 12.4. The quantitative estimate of drug-likeness (QED) is 0.559. The molecule has 164 valence electrons. The highest BCUT2D eigenvalue weighted by atomic mass is 32.2. The molecule has 1 aliphatic rings. The average Bonchev–Trinajstić information content (AvgIpc) is 3.14. The Balaban J connectivity index is 1.46. The number of aromatic nitrogens is 2. The van der Waals surface area contributed by atoms with E-state index >= 15 is 0 Å². The van der Waals surface area contributed by atoms with Crippen LogP contribution >= 0.6 is 34.9 Å². The molecule has 1 aromatic carbocycles. The summed E-state index contributed by atoms with van der Waals surface area (Å²) in [7, 11) is -3.23. The summed E-state index contributed by atoms with van der Waals surface area (Å²) in [6, 6.07) is 6.55. The third-order valence-corrected chi connectivity index (χ3v) is 8.10. The van der Waals surface area contributed by atoms with Crippen LogP contribution in [0.1, 0.15) is 0 Å². The largest absolute Gasteiger partial charge is 0.339 e. The maximum Gasteiger partial charge on any atom is 0.288 e. The number of benzene rings is 1. The van der Waals surface area contributed by atoms with Gasteiger partial charge in [-0.15, -0.1) is 10.2 Å². The van der Waals surface area contributed by atoms with Crippen LogP contribution in [0.5, 0.6) is 0 Å². The van der Waals surface area contributed by atoms with Gasteiger partial charge in [0.25, 0.3) is 5.76 Å². The molecule has 8 nitrogen and oxygen atoms in total. The Hall–Kier alpha value is -1.48. The van der Waals surface area contributed by atoms with Gasteiger partial charge in [0.05, 0.1) is 12.0 Å². The van der Waals surface area contributed by atoms with Crippen molar-refractivity contribution in [3.63, 3.8) is 0 Å². The number of amides is 1. The van der Waals surface area contributed by atoms with Crippen molar-refractivity contribution >= 4 is 61.6 Å². The summed E-state index contributed by atoms with van der Waals surface area (Å²) in [5.74, 6) is -2.35. The van der Waals surface area contributed by atoms with Crippen molar-refractivity contribution in [3.05, 3.63) is 24.3 Å². The first-order chi connectivity index (χ1) is 14.2. The second-order valence-corrected chi connectivity index (χ2v) is 11.5. The molecule has 14 heteroatoms. The molecule has 1 N–H and O–H groups in total. The highest BCUT2D eigenvalue weighted by molar-refractivity contribution is 8.01. The molecule has 1 fully saturated rings. The molecule has 2 heterocycles. The second kappa shape index (κ2) is 10.2. The van der Waals surface area contributed by atoms with Crippen molar-refractivity contribution in [2.75, 3.05) is 43.5 Å². The molecule has 1 aromatic heterocycles. The number of anilines is 2. The van der Waals surface area contributed by atoms with E-state index in [-0.39, 0.29) is 11.7 Å². The zero-order valence-corrected chi connectivity index (χ0v) is 19.1. The van der Waals surface area contributed by atoms with E-state index in [1.165, 1.54) is 27.4 Å². The maximum atomic E-state index is 12.4. The van der Waals surface area contributed by atoms with Gasteiger partial charge in [-0.1, -0.05) is 34.9 Å². The smallest absolute Gasteiger partial charge is 0.288 e. The van der Waals surface area contributed by atoms with Gasteiger partial charge in [0.1, 0.15) is 0 Å². The van der Waals surface area contributed by atoms with Crippen LogP contribution in [0, 0.1) is 0 Å². The van der Waals surface area contributed by atoms with Crippen LogP contribution in [0.4, 0.5) is 19.6 Å². The molecule has 1 amide bonds. The van der Waals surface area contributed by atoms with Crippen LogP contribution in [0.15, 0.2) is 33.5 Å². The van der Waals surface area contributed by atoms with Gasteiger partial charge >= 0.3 is 0 Å². The highest BCUT2D eigenvalue weighted by Gasteiger charge is 2.26. The molecule has 0 saturated carbocycles. The Labute approximate surface area is 185 Å². The Morgan fingerprint density at radius 3 is 2.47 bits per heavy atom. The fourth-order valence-electron chi connectivity index (χ4n) is 2.65. The standard InChI is InChI=1S/C16H19F2N5O3S4/c1-30(25,26)23-8-6-22(7-9-23)13(24)10-27-16-21-20-15(29-16)19-11-2-4-12(5-3-11)28-14(17)18/h2-5,14H,6-10H2,1H3,(H,19,20). The molecule has 0 radical (unpaired) electrons. The number of carbonyl (C=O) groups excluding carboxylic acids is 1. The van der Waals surface area contributed by atoms with E-state index in [0.717, 1.165) is 6.26 Å². The van der Waals surface area contributed by atoms with E-state index in [4.69, 9.17) is 0 Å². The molecule has 0 spiro atoms. The van der Waals surface area contributed by atoms with Crippen molar-refractivity contribution in [1.29, 1.82) is 0 Å². The average molecular weight is 496 g/mol. The molecular formula is C16H19F2N5O3S4. The van der Waals surface area contributed by atoms with Crippen molar-refractivity contribution in [1.82, 2.24) is 19.4 Å². The molecule has 0 unspecified atom stereocenters. The van der Waals surface area contributed by atoms with Gasteiger partial charge in [0, 0.05) is 36.8 Å². The second-order valence-electron chi connectivity index (χ2n) is 6.23. The van der Waals surface area contributed by atoms with Gasteiger partial charge in [-0.05, 0) is 24.3 Å². The van der Waals surface area contributed by atoms with Crippen molar-refractivity contribution in [2.45, 2.75) is 15.0 Å². The number of piperazine rings is 1. The van der Waals surface area contributed by atoms with Crippen molar-refractivity contribution < 1.29 is 22.0 Å². The molecule has 0 atom stereocenters. The minimum atomic E-state index is -3.23. The number of nitrogens with zero attached hydrogens (tertiary/aromatic N) is 4. The molecule has 1 aliphatic heterocycles. The van der Waals surface area contributed by atoms with E-state index < -0.39 is 15.8 Å². The van der Waals surface area contributed by atoms with Gasteiger partial charge in [-0.2, -0.15) is 13.1 Å². The summed E-state index contributed by atoms with van der Waals surface area (Å²) in [4.78, 5) is 14.5. The van der Waals surface area contributed by atoms with Crippen molar-refractivity contribution in [3.8, 4) is 0 Å². The Morgan fingerprint density at radius 2 is 1.87 bits per heavy atom. The minimum Gasteiger partial charge on any atom is -0.339 e. The number of rotatable bonds is 8. The molecule has 0 bridgehead atoms. The van der Waals surface area contributed by atoms with E-state index in [0.29, 0.717) is 58.0 Å². The number of carbonyl (C=O) groups is 1. The topological polar surface area (TPSA) is 95.5 Å². The first-order valence-electron chi connectivity index (χ1n) is 8.72. The van der Waals surface area contributed by atoms with Crippen LogP contribution < -0.4 is 5.32 Å². The molecule has 3 rings (SSSR count). The number of hydrogen-bond acceptors (Lipinski definition) is 9. The minimum absolute atomic E-state index is 0.0787. The van der Waals surface area contributed by atoms with Crippen LogP contribution in [0.2, 0.25) is 0 Å². The van der Waals surface area contributed by atoms with E-state index in [1.807, 2.05) is 0 Å². The summed E-state index contributed by atoms with van der Waals surface area (Å²) in [6.07, 6.45) is 1.16. The van der Waals surface area contributed by atoms with Gasteiger partial charge in [-0.3, -0.25) is 4.79 Å². The number of alkyl halides is 2. The molecule has 2 aromatic rings. The molecule has 0 aliphatic carbocycles. The fraction of sp³-hybridized carbons (Fsp3) is 0.438. The number of hydrogen-bond donors (Lipinski definition) is 1. The van der Waals surface area contributed by atoms with Crippen LogP contribution in [0.3, 0.4) is 0 Å². The van der Waals surface area contributed by atoms with E-state index in [9.17, 15) is 22.0 Å². The van der Waals surface area contributed by atoms with Crippen LogP contribution in [0.25, 0.3) is 0 Å².